The van der Waals surface area contributed by atoms with Crippen molar-refractivity contribution in [2.24, 2.45) is 0 Å². The molecule has 0 atom stereocenters. The van der Waals surface area contributed by atoms with Crippen LogP contribution in [0.4, 0.5) is 0 Å². The highest BCUT2D eigenvalue weighted by Gasteiger charge is 1.98. The number of nitrogens with zero attached hydrogens (tertiary/aromatic N) is 1. The Balaban J connectivity index is 0. The van der Waals surface area contributed by atoms with E-state index in [9.17, 15) is 8.42 Å². The SMILES string of the molecule is CCCCCCCCCCN(C)C.CCOS(=O)(=O)O. The monoisotopic (exact) mass is 311 g/mol. The quantitative estimate of drug-likeness (QED) is 0.467. The first kappa shape index (κ1) is 22.1. The van der Waals surface area contributed by atoms with E-state index in [1.54, 1.807) is 0 Å². The topological polar surface area (TPSA) is 66.8 Å². The largest absolute Gasteiger partial charge is 0.397 e. The van der Waals surface area contributed by atoms with Crippen LogP contribution in [-0.2, 0) is 14.6 Å². The van der Waals surface area contributed by atoms with Crippen molar-refractivity contribution in [1.82, 2.24) is 4.90 Å². The van der Waals surface area contributed by atoms with E-state index in [2.05, 4.69) is 30.1 Å². The van der Waals surface area contributed by atoms with Crippen LogP contribution in [-0.4, -0.2) is 45.1 Å². The van der Waals surface area contributed by atoms with Crippen LogP contribution < -0.4 is 0 Å². The van der Waals surface area contributed by atoms with E-state index in [1.807, 2.05) is 0 Å². The number of unbranched alkanes of at least 4 members (excludes halogenated alkanes) is 7. The Morgan fingerprint density at radius 3 is 1.65 bits per heavy atom. The summed E-state index contributed by atoms with van der Waals surface area (Å²) < 4.78 is 30.7. The van der Waals surface area contributed by atoms with Gasteiger partial charge in [0.25, 0.3) is 0 Å². The van der Waals surface area contributed by atoms with E-state index in [1.165, 1.54) is 64.8 Å². The zero-order valence-corrected chi connectivity index (χ0v) is 14.4. The molecular formula is C14H33NO4S. The zero-order chi connectivity index (χ0) is 15.9. The van der Waals surface area contributed by atoms with Gasteiger partial charge in [0, 0.05) is 0 Å². The van der Waals surface area contributed by atoms with Gasteiger partial charge in [-0.25, -0.2) is 4.18 Å². The van der Waals surface area contributed by atoms with E-state index in [4.69, 9.17) is 4.55 Å². The highest BCUT2D eigenvalue weighted by Crippen LogP contribution is 2.08. The number of rotatable bonds is 11. The summed E-state index contributed by atoms with van der Waals surface area (Å²) in [5.41, 5.74) is 0. The third-order valence-corrected chi connectivity index (χ3v) is 3.26. The minimum absolute atomic E-state index is 0.0289. The second kappa shape index (κ2) is 15.2. The van der Waals surface area contributed by atoms with Crippen LogP contribution in [0.5, 0.6) is 0 Å². The van der Waals surface area contributed by atoms with Crippen molar-refractivity contribution in [2.45, 2.75) is 65.2 Å². The molecule has 0 rings (SSSR count). The predicted octanol–water partition coefficient (Wildman–Crippen LogP) is 3.51. The molecule has 20 heavy (non-hydrogen) atoms. The Bertz CT molecular complexity index is 279. The fourth-order valence-electron chi connectivity index (χ4n) is 1.71. The molecule has 0 bridgehead atoms. The van der Waals surface area contributed by atoms with Gasteiger partial charge in [-0.1, -0.05) is 51.9 Å². The van der Waals surface area contributed by atoms with Crippen LogP contribution in [0.15, 0.2) is 0 Å². The molecule has 1 N–H and O–H groups in total. The number of hydrogen-bond donors (Lipinski definition) is 1. The van der Waals surface area contributed by atoms with Gasteiger partial charge in [0.15, 0.2) is 0 Å². The molecule has 124 valence electrons. The van der Waals surface area contributed by atoms with Crippen molar-refractivity contribution in [2.75, 3.05) is 27.2 Å². The molecule has 0 fully saturated rings. The van der Waals surface area contributed by atoms with Gasteiger partial charge in [-0.05, 0) is 34.0 Å². The molecule has 0 heterocycles. The molecule has 0 aromatic heterocycles. The normalized spacial score (nSPS) is 11.3. The first-order valence-electron chi connectivity index (χ1n) is 7.60. The van der Waals surface area contributed by atoms with Gasteiger partial charge < -0.3 is 4.90 Å². The smallest absolute Gasteiger partial charge is 0.309 e. The summed E-state index contributed by atoms with van der Waals surface area (Å²) in [5, 5.41) is 0. The second-order valence-corrected chi connectivity index (χ2v) is 6.20. The highest BCUT2D eigenvalue weighted by atomic mass is 32.3. The lowest BCUT2D eigenvalue weighted by Gasteiger charge is -2.08. The first-order chi connectivity index (χ1) is 9.33. The van der Waals surface area contributed by atoms with Crippen LogP contribution in [0.2, 0.25) is 0 Å². The van der Waals surface area contributed by atoms with Crippen molar-refractivity contribution < 1.29 is 17.2 Å². The lowest BCUT2D eigenvalue weighted by Crippen LogP contribution is -2.12. The molecule has 0 spiro atoms. The van der Waals surface area contributed by atoms with E-state index in [-0.39, 0.29) is 6.61 Å². The lowest BCUT2D eigenvalue weighted by atomic mass is 10.1. The predicted molar refractivity (Wildman–Crippen MR) is 84.3 cm³/mol. The van der Waals surface area contributed by atoms with Crippen LogP contribution in [0.3, 0.4) is 0 Å². The molecule has 0 aromatic rings. The summed E-state index contributed by atoms with van der Waals surface area (Å²) in [5.74, 6) is 0. The fraction of sp³-hybridized carbons (Fsp3) is 1.00. The Hall–Kier alpha value is -0.170. The van der Waals surface area contributed by atoms with E-state index < -0.39 is 10.4 Å². The van der Waals surface area contributed by atoms with Gasteiger partial charge >= 0.3 is 10.4 Å². The Morgan fingerprint density at radius 2 is 1.35 bits per heavy atom. The molecule has 0 aliphatic carbocycles. The molecule has 0 aromatic carbocycles. The van der Waals surface area contributed by atoms with Gasteiger partial charge in [-0.2, -0.15) is 8.42 Å². The van der Waals surface area contributed by atoms with Gasteiger partial charge in [0.2, 0.25) is 0 Å². The highest BCUT2D eigenvalue weighted by molar-refractivity contribution is 7.80. The van der Waals surface area contributed by atoms with Crippen molar-refractivity contribution in [3.05, 3.63) is 0 Å². The maximum atomic E-state index is 9.56. The van der Waals surface area contributed by atoms with Crippen molar-refractivity contribution in [3.8, 4) is 0 Å². The Labute approximate surface area is 125 Å². The standard InChI is InChI=1S/C12H27N.C2H6O4S/c1-4-5-6-7-8-9-10-11-12-13(2)3;1-2-6-7(3,4)5/h4-12H2,1-3H3;2H2,1H3,(H,3,4,5). The molecule has 0 aliphatic rings. The molecule has 0 unspecified atom stereocenters. The van der Waals surface area contributed by atoms with Crippen LogP contribution in [0, 0.1) is 0 Å². The van der Waals surface area contributed by atoms with E-state index in [0.29, 0.717) is 0 Å². The third kappa shape index (κ3) is 26.4. The van der Waals surface area contributed by atoms with Gasteiger partial charge in [0.05, 0.1) is 6.61 Å². The molecule has 0 aliphatic heterocycles. The molecular weight excluding hydrogens is 278 g/mol. The Kier molecular flexibility index (Phi) is 16.8. The average Bonchev–Trinajstić information content (AvgIpc) is 2.31. The minimum atomic E-state index is -4.17. The summed E-state index contributed by atoms with van der Waals surface area (Å²) in [6.45, 7) is 4.97. The van der Waals surface area contributed by atoms with Gasteiger partial charge in [-0.3, -0.25) is 4.55 Å². The molecule has 5 nitrogen and oxygen atoms in total. The van der Waals surface area contributed by atoms with E-state index >= 15 is 0 Å². The molecule has 0 saturated heterocycles. The van der Waals surface area contributed by atoms with Crippen molar-refractivity contribution in [3.63, 3.8) is 0 Å². The van der Waals surface area contributed by atoms with Gasteiger partial charge in [0.1, 0.15) is 0 Å². The molecule has 0 radical (unpaired) electrons. The van der Waals surface area contributed by atoms with Crippen LogP contribution >= 0.6 is 0 Å². The molecule has 6 heteroatoms. The van der Waals surface area contributed by atoms with Crippen LogP contribution in [0.25, 0.3) is 0 Å². The fourth-order valence-corrected chi connectivity index (χ4v) is 2.01. The summed E-state index contributed by atoms with van der Waals surface area (Å²) in [6.07, 6.45) is 11.4. The average molecular weight is 311 g/mol. The van der Waals surface area contributed by atoms with Crippen LogP contribution in [0.1, 0.15) is 65.2 Å². The minimum Gasteiger partial charge on any atom is -0.309 e. The summed E-state index contributed by atoms with van der Waals surface area (Å²) in [6, 6.07) is 0. The number of hydrogen-bond acceptors (Lipinski definition) is 4. The second-order valence-electron chi connectivity index (χ2n) is 5.11. The molecule has 0 amide bonds. The summed E-state index contributed by atoms with van der Waals surface area (Å²) in [4.78, 5) is 2.27. The third-order valence-electron chi connectivity index (χ3n) is 2.73. The maximum Gasteiger partial charge on any atom is 0.397 e. The maximum absolute atomic E-state index is 9.56. The molecule has 0 saturated carbocycles. The van der Waals surface area contributed by atoms with Crippen molar-refractivity contribution >= 4 is 10.4 Å². The Morgan fingerprint density at radius 1 is 0.900 bits per heavy atom. The van der Waals surface area contributed by atoms with Gasteiger partial charge in [-0.15, -0.1) is 0 Å². The first-order valence-corrected chi connectivity index (χ1v) is 8.96. The summed E-state index contributed by atoms with van der Waals surface area (Å²) >= 11 is 0. The van der Waals surface area contributed by atoms with E-state index in [0.717, 1.165) is 0 Å². The van der Waals surface area contributed by atoms with Crippen molar-refractivity contribution in [1.29, 1.82) is 0 Å². The summed E-state index contributed by atoms with van der Waals surface area (Å²) in [7, 11) is 0.134. The lowest BCUT2D eigenvalue weighted by molar-refractivity contribution is 0.283. The zero-order valence-electron chi connectivity index (χ0n) is 13.6.